The van der Waals surface area contributed by atoms with Crippen molar-refractivity contribution < 1.29 is 4.79 Å². The highest BCUT2D eigenvalue weighted by Gasteiger charge is 2.27. The summed E-state index contributed by atoms with van der Waals surface area (Å²) in [7, 11) is 0. The van der Waals surface area contributed by atoms with Gasteiger partial charge >= 0.3 is 0 Å². The maximum absolute atomic E-state index is 11.3. The number of aromatic nitrogens is 2. The molecule has 4 N–H and O–H groups in total. The van der Waals surface area contributed by atoms with E-state index in [4.69, 9.17) is 23.7 Å². The van der Waals surface area contributed by atoms with Gasteiger partial charge in [0.2, 0.25) is 5.91 Å². The molecule has 0 unspecified atom stereocenters. The second kappa shape index (κ2) is 5.92. The van der Waals surface area contributed by atoms with Crippen LogP contribution in [0.1, 0.15) is 31.2 Å². The molecule has 6 nitrogen and oxygen atoms in total. The number of rotatable bonds is 5. The number of anilines is 1. The van der Waals surface area contributed by atoms with E-state index in [0.29, 0.717) is 11.4 Å². The van der Waals surface area contributed by atoms with Crippen molar-refractivity contribution in [2.45, 2.75) is 31.7 Å². The van der Waals surface area contributed by atoms with E-state index in [2.05, 4.69) is 10.2 Å². The summed E-state index contributed by atoms with van der Waals surface area (Å²) < 4.78 is 0. The molecule has 0 aromatic carbocycles. The third kappa shape index (κ3) is 3.17. The molecule has 7 heteroatoms. The van der Waals surface area contributed by atoms with Crippen molar-refractivity contribution in [1.82, 2.24) is 10.2 Å². The molecule has 0 spiro atoms. The molecule has 1 fully saturated rings. The second-order valence-electron chi connectivity index (χ2n) is 4.67. The van der Waals surface area contributed by atoms with Crippen LogP contribution in [0.5, 0.6) is 0 Å². The number of nitrogens with zero attached hydrogens (tertiary/aromatic N) is 3. The maximum atomic E-state index is 11.3. The van der Waals surface area contributed by atoms with Crippen LogP contribution in [-0.4, -0.2) is 33.7 Å². The van der Waals surface area contributed by atoms with Crippen LogP contribution in [0.4, 0.5) is 5.82 Å². The SMILES string of the molecule is NC(=O)CN(c1nnccc1C(N)=S)C1CCCC1. The third-order valence-corrected chi connectivity index (χ3v) is 3.55. The number of carbonyl (C=O) groups excluding carboxylic acids is 1. The molecule has 102 valence electrons. The summed E-state index contributed by atoms with van der Waals surface area (Å²) in [4.78, 5) is 13.4. The van der Waals surface area contributed by atoms with Crippen molar-refractivity contribution in [3.8, 4) is 0 Å². The highest BCUT2D eigenvalue weighted by atomic mass is 32.1. The van der Waals surface area contributed by atoms with Crippen LogP contribution in [0.3, 0.4) is 0 Å². The summed E-state index contributed by atoms with van der Waals surface area (Å²) >= 11 is 5.02. The van der Waals surface area contributed by atoms with Crippen LogP contribution < -0.4 is 16.4 Å². The number of thiocarbonyl (C=S) groups is 1. The van der Waals surface area contributed by atoms with Gasteiger partial charge in [0.1, 0.15) is 4.99 Å². The first-order valence-corrected chi connectivity index (χ1v) is 6.67. The largest absolute Gasteiger partial charge is 0.389 e. The Labute approximate surface area is 117 Å². The number of carbonyl (C=O) groups is 1. The van der Waals surface area contributed by atoms with Crippen LogP contribution in [0.25, 0.3) is 0 Å². The van der Waals surface area contributed by atoms with E-state index in [9.17, 15) is 4.79 Å². The summed E-state index contributed by atoms with van der Waals surface area (Å²) in [5, 5.41) is 7.97. The quantitative estimate of drug-likeness (QED) is 0.754. The first kappa shape index (κ1) is 13.7. The van der Waals surface area contributed by atoms with E-state index in [1.807, 2.05) is 4.90 Å². The Morgan fingerprint density at radius 3 is 2.68 bits per heavy atom. The van der Waals surface area contributed by atoms with Crippen LogP contribution in [0.15, 0.2) is 12.3 Å². The summed E-state index contributed by atoms with van der Waals surface area (Å²) in [5.74, 6) is 0.159. The molecule has 1 heterocycles. The van der Waals surface area contributed by atoms with Crippen LogP contribution >= 0.6 is 12.2 Å². The molecule has 1 aliphatic carbocycles. The van der Waals surface area contributed by atoms with Gasteiger partial charge in [0.15, 0.2) is 5.82 Å². The number of nitrogens with two attached hydrogens (primary N) is 2. The lowest BCUT2D eigenvalue weighted by atomic mass is 10.1. The zero-order valence-electron chi connectivity index (χ0n) is 10.6. The average Bonchev–Trinajstić information content (AvgIpc) is 2.89. The minimum Gasteiger partial charge on any atom is -0.389 e. The second-order valence-corrected chi connectivity index (χ2v) is 5.11. The van der Waals surface area contributed by atoms with Crippen molar-refractivity contribution in [2.75, 3.05) is 11.4 Å². The maximum Gasteiger partial charge on any atom is 0.237 e. The topological polar surface area (TPSA) is 98.1 Å². The molecular formula is C12H17N5OS. The fourth-order valence-electron chi connectivity index (χ4n) is 2.49. The first-order valence-electron chi connectivity index (χ1n) is 6.26. The molecule has 19 heavy (non-hydrogen) atoms. The van der Waals surface area contributed by atoms with E-state index in [0.717, 1.165) is 25.7 Å². The summed E-state index contributed by atoms with van der Waals surface area (Å²) in [6, 6.07) is 1.96. The molecule has 0 bridgehead atoms. The highest BCUT2D eigenvalue weighted by Crippen LogP contribution is 2.28. The lowest BCUT2D eigenvalue weighted by molar-refractivity contribution is -0.116. The van der Waals surface area contributed by atoms with Gasteiger partial charge in [-0.2, -0.15) is 5.10 Å². The van der Waals surface area contributed by atoms with Gasteiger partial charge < -0.3 is 16.4 Å². The van der Waals surface area contributed by atoms with Gasteiger partial charge in [-0.25, -0.2) is 0 Å². The van der Waals surface area contributed by atoms with E-state index >= 15 is 0 Å². The average molecular weight is 279 g/mol. The van der Waals surface area contributed by atoms with Crippen molar-refractivity contribution in [3.63, 3.8) is 0 Å². The number of hydrogen-bond acceptors (Lipinski definition) is 5. The third-order valence-electron chi connectivity index (χ3n) is 3.33. The number of hydrogen-bond donors (Lipinski definition) is 2. The molecule has 1 aromatic rings. The summed E-state index contributed by atoms with van der Waals surface area (Å²) in [6.45, 7) is 0.110. The van der Waals surface area contributed by atoms with Crippen molar-refractivity contribution in [2.24, 2.45) is 11.5 Å². The highest BCUT2D eigenvalue weighted by molar-refractivity contribution is 7.80. The van der Waals surface area contributed by atoms with Gasteiger partial charge in [-0.3, -0.25) is 4.79 Å². The predicted octanol–water partition coefficient (Wildman–Crippen LogP) is 0.345. The molecule has 0 radical (unpaired) electrons. The van der Waals surface area contributed by atoms with Crippen molar-refractivity contribution >= 4 is 28.9 Å². The summed E-state index contributed by atoms with van der Waals surface area (Å²) in [6.07, 6.45) is 5.85. The van der Waals surface area contributed by atoms with Gasteiger partial charge in [-0.05, 0) is 18.9 Å². The number of primary amides is 1. The van der Waals surface area contributed by atoms with Crippen LogP contribution in [0, 0.1) is 0 Å². The fourth-order valence-corrected chi connectivity index (χ4v) is 2.65. The van der Waals surface area contributed by atoms with Gasteiger partial charge in [-0.15, -0.1) is 5.10 Å². The Balaban J connectivity index is 2.36. The molecule has 0 saturated heterocycles. The van der Waals surface area contributed by atoms with Gasteiger partial charge in [-0.1, -0.05) is 25.1 Å². The molecule has 0 atom stereocenters. The zero-order valence-corrected chi connectivity index (χ0v) is 11.4. The fraction of sp³-hybridized carbons (Fsp3) is 0.500. The molecule has 1 amide bonds. The van der Waals surface area contributed by atoms with E-state index in [-0.39, 0.29) is 17.6 Å². The van der Waals surface area contributed by atoms with Crippen molar-refractivity contribution in [1.29, 1.82) is 0 Å². The monoisotopic (exact) mass is 279 g/mol. The minimum atomic E-state index is -0.397. The Morgan fingerprint density at radius 1 is 1.42 bits per heavy atom. The number of amides is 1. The van der Waals surface area contributed by atoms with E-state index in [1.165, 1.54) is 6.20 Å². The van der Waals surface area contributed by atoms with Gasteiger partial charge in [0.25, 0.3) is 0 Å². The van der Waals surface area contributed by atoms with Crippen molar-refractivity contribution in [3.05, 3.63) is 17.8 Å². The summed E-state index contributed by atoms with van der Waals surface area (Å²) in [5.41, 5.74) is 11.7. The molecule has 2 rings (SSSR count). The Bertz CT molecular complexity index is 487. The zero-order chi connectivity index (χ0) is 13.8. The molecule has 1 aliphatic rings. The standard InChI is InChI=1S/C12H17N5OS/c13-10(18)7-17(8-3-1-2-4-8)12-9(11(14)19)5-6-15-16-12/h5-6,8H,1-4,7H2,(H2,13,18)(H2,14,19). The predicted molar refractivity (Wildman–Crippen MR) is 76.7 cm³/mol. The molecule has 0 aliphatic heterocycles. The first-order chi connectivity index (χ1) is 9.09. The van der Waals surface area contributed by atoms with Gasteiger partial charge in [0.05, 0.1) is 18.3 Å². The Kier molecular flexibility index (Phi) is 4.26. The lowest BCUT2D eigenvalue weighted by Crippen LogP contribution is -2.42. The van der Waals surface area contributed by atoms with E-state index in [1.54, 1.807) is 6.07 Å². The van der Waals surface area contributed by atoms with E-state index < -0.39 is 5.91 Å². The van der Waals surface area contributed by atoms with Crippen LogP contribution in [-0.2, 0) is 4.79 Å². The minimum absolute atomic E-state index is 0.110. The lowest BCUT2D eigenvalue weighted by Gasteiger charge is -2.29. The van der Waals surface area contributed by atoms with Crippen LogP contribution in [0.2, 0.25) is 0 Å². The molecular weight excluding hydrogens is 262 g/mol. The molecule has 1 saturated carbocycles. The normalized spacial score (nSPS) is 15.4. The Morgan fingerprint density at radius 2 is 2.11 bits per heavy atom. The Hall–Kier alpha value is -1.76. The van der Waals surface area contributed by atoms with Gasteiger partial charge in [0, 0.05) is 6.04 Å². The smallest absolute Gasteiger partial charge is 0.237 e. The molecule has 1 aromatic heterocycles.